The van der Waals surface area contributed by atoms with E-state index in [0.29, 0.717) is 11.6 Å². The molecule has 0 spiro atoms. The van der Waals surface area contributed by atoms with Crippen molar-refractivity contribution in [3.05, 3.63) is 70.9 Å². The molecule has 2 N–H and O–H groups in total. The molecule has 0 aliphatic heterocycles. The molecule has 168 valence electrons. The van der Waals surface area contributed by atoms with Crippen molar-refractivity contribution in [2.45, 2.75) is 26.5 Å². The summed E-state index contributed by atoms with van der Waals surface area (Å²) >= 11 is 6.04. The number of aromatic nitrogens is 1. The van der Waals surface area contributed by atoms with E-state index in [1.165, 1.54) is 6.07 Å². The summed E-state index contributed by atoms with van der Waals surface area (Å²) in [5, 5.41) is 4.26. The molecule has 2 aromatic carbocycles. The Hall–Kier alpha value is -3.56. The molecule has 0 saturated heterocycles. The van der Waals surface area contributed by atoms with Gasteiger partial charge in [-0.1, -0.05) is 48.0 Å². The third kappa shape index (κ3) is 7.00. The maximum Gasteiger partial charge on any atom is 0.511 e. The van der Waals surface area contributed by atoms with Crippen molar-refractivity contribution in [3.63, 3.8) is 0 Å². The van der Waals surface area contributed by atoms with E-state index in [1.54, 1.807) is 13.8 Å². The Morgan fingerprint density at radius 3 is 2.59 bits per heavy atom. The van der Waals surface area contributed by atoms with Crippen LogP contribution in [-0.4, -0.2) is 30.1 Å². The number of hydrogen-bond acceptors (Lipinski definition) is 8. The SMILES string of the molecule is CC(C)OC(=O)OCOc1cc(C(=O)NNCc2ccc(-c3cccc(Cl)c3)cc2)on1. The van der Waals surface area contributed by atoms with Crippen molar-refractivity contribution >= 4 is 23.7 Å². The summed E-state index contributed by atoms with van der Waals surface area (Å²) in [5.41, 5.74) is 8.35. The first-order valence-electron chi connectivity index (χ1n) is 9.71. The first kappa shape index (κ1) is 23.1. The van der Waals surface area contributed by atoms with Crippen molar-refractivity contribution < 1.29 is 28.3 Å². The van der Waals surface area contributed by atoms with Gasteiger partial charge in [0, 0.05) is 11.6 Å². The summed E-state index contributed by atoms with van der Waals surface area (Å²) in [5.74, 6) is -0.624. The predicted molar refractivity (Wildman–Crippen MR) is 116 cm³/mol. The number of rotatable bonds is 9. The number of nitrogens with one attached hydrogen (secondary N) is 2. The van der Waals surface area contributed by atoms with Gasteiger partial charge in [-0.15, -0.1) is 0 Å². The molecular formula is C22H22ClN3O6. The van der Waals surface area contributed by atoms with E-state index < -0.39 is 18.9 Å². The third-order valence-electron chi connectivity index (χ3n) is 4.03. The summed E-state index contributed by atoms with van der Waals surface area (Å²) in [7, 11) is 0. The molecule has 1 aromatic heterocycles. The van der Waals surface area contributed by atoms with Crippen molar-refractivity contribution in [1.82, 2.24) is 16.0 Å². The largest absolute Gasteiger partial charge is 0.511 e. The lowest BCUT2D eigenvalue weighted by molar-refractivity contribution is -0.0103. The van der Waals surface area contributed by atoms with Crippen LogP contribution >= 0.6 is 11.6 Å². The highest BCUT2D eigenvalue weighted by atomic mass is 35.5. The predicted octanol–water partition coefficient (Wildman–Crippen LogP) is 4.33. The van der Waals surface area contributed by atoms with E-state index in [1.807, 2.05) is 48.5 Å². The van der Waals surface area contributed by atoms with Crippen LogP contribution < -0.4 is 15.6 Å². The number of ether oxygens (including phenoxy) is 3. The molecule has 0 aliphatic rings. The van der Waals surface area contributed by atoms with Gasteiger partial charge in [-0.25, -0.2) is 10.2 Å². The number of hydrogen-bond donors (Lipinski definition) is 2. The molecule has 0 radical (unpaired) electrons. The average Bonchev–Trinajstić information content (AvgIpc) is 3.23. The second-order valence-corrected chi connectivity index (χ2v) is 7.30. The highest BCUT2D eigenvalue weighted by Gasteiger charge is 2.14. The average molecular weight is 460 g/mol. The number of hydrazine groups is 1. The molecule has 10 heteroatoms. The summed E-state index contributed by atoms with van der Waals surface area (Å²) in [4.78, 5) is 23.4. The van der Waals surface area contributed by atoms with E-state index in [0.717, 1.165) is 16.7 Å². The van der Waals surface area contributed by atoms with E-state index >= 15 is 0 Å². The Balaban J connectivity index is 1.42. The molecule has 0 aliphatic carbocycles. The normalized spacial score (nSPS) is 10.6. The zero-order valence-corrected chi connectivity index (χ0v) is 18.2. The minimum atomic E-state index is -0.869. The lowest BCUT2D eigenvalue weighted by atomic mass is 10.0. The minimum Gasteiger partial charge on any atom is -0.438 e. The van der Waals surface area contributed by atoms with Crippen LogP contribution in [-0.2, 0) is 16.0 Å². The van der Waals surface area contributed by atoms with Crippen molar-refractivity contribution in [1.29, 1.82) is 0 Å². The van der Waals surface area contributed by atoms with Crippen molar-refractivity contribution in [2.75, 3.05) is 6.79 Å². The van der Waals surface area contributed by atoms with Crippen LogP contribution in [0.1, 0.15) is 30.0 Å². The molecule has 0 bridgehead atoms. The smallest absolute Gasteiger partial charge is 0.438 e. The third-order valence-corrected chi connectivity index (χ3v) is 4.27. The molecule has 9 nitrogen and oxygen atoms in total. The van der Waals surface area contributed by atoms with Crippen LogP contribution in [0.2, 0.25) is 5.02 Å². The van der Waals surface area contributed by atoms with Crippen LogP contribution in [0.5, 0.6) is 5.88 Å². The second-order valence-electron chi connectivity index (χ2n) is 6.87. The number of nitrogens with zero attached hydrogens (tertiary/aromatic N) is 1. The van der Waals surface area contributed by atoms with Crippen LogP contribution in [0, 0.1) is 0 Å². The molecule has 0 fully saturated rings. The van der Waals surface area contributed by atoms with Crippen LogP contribution in [0.15, 0.2) is 59.1 Å². The van der Waals surface area contributed by atoms with Gasteiger partial charge in [-0.3, -0.25) is 10.2 Å². The van der Waals surface area contributed by atoms with E-state index in [9.17, 15) is 9.59 Å². The van der Waals surface area contributed by atoms with E-state index in [2.05, 4.69) is 16.0 Å². The molecule has 1 heterocycles. The van der Waals surface area contributed by atoms with Crippen LogP contribution in [0.25, 0.3) is 11.1 Å². The van der Waals surface area contributed by atoms with E-state index in [4.69, 9.17) is 30.3 Å². The van der Waals surface area contributed by atoms with Gasteiger partial charge in [-0.05, 0) is 47.8 Å². The number of halogens is 1. The number of amides is 1. The Morgan fingerprint density at radius 2 is 1.88 bits per heavy atom. The quantitative estimate of drug-likeness (QED) is 0.276. The van der Waals surface area contributed by atoms with Crippen molar-refractivity contribution in [2.24, 2.45) is 0 Å². The Morgan fingerprint density at radius 1 is 1.09 bits per heavy atom. The minimum absolute atomic E-state index is 0.0101. The van der Waals surface area contributed by atoms with Gasteiger partial charge >= 0.3 is 12.1 Å². The van der Waals surface area contributed by atoms with Gasteiger partial charge in [-0.2, -0.15) is 0 Å². The molecule has 0 saturated carbocycles. The first-order valence-corrected chi connectivity index (χ1v) is 10.1. The highest BCUT2D eigenvalue weighted by Crippen LogP contribution is 2.23. The van der Waals surface area contributed by atoms with E-state index in [-0.39, 0.29) is 17.7 Å². The molecule has 3 aromatic rings. The fourth-order valence-corrected chi connectivity index (χ4v) is 2.76. The summed E-state index contributed by atoms with van der Waals surface area (Å²) in [6, 6.07) is 16.7. The summed E-state index contributed by atoms with van der Waals surface area (Å²) < 4.78 is 19.5. The lowest BCUT2D eigenvalue weighted by Crippen LogP contribution is -2.36. The lowest BCUT2D eigenvalue weighted by Gasteiger charge is -2.08. The number of carbonyl (C=O) groups excluding carboxylic acids is 2. The maximum atomic E-state index is 12.1. The van der Waals surface area contributed by atoms with Crippen LogP contribution in [0.3, 0.4) is 0 Å². The monoisotopic (exact) mass is 459 g/mol. The molecule has 0 unspecified atom stereocenters. The second kappa shape index (κ2) is 11.2. The van der Waals surface area contributed by atoms with Gasteiger partial charge in [0.05, 0.1) is 12.2 Å². The number of carbonyl (C=O) groups is 2. The zero-order chi connectivity index (χ0) is 22.9. The zero-order valence-electron chi connectivity index (χ0n) is 17.5. The Bertz CT molecular complexity index is 1050. The van der Waals surface area contributed by atoms with Crippen molar-refractivity contribution in [3.8, 4) is 17.0 Å². The van der Waals surface area contributed by atoms with Crippen LogP contribution in [0.4, 0.5) is 4.79 Å². The fraction of sp³-hybridized carbons (Fsp3) is 0.227. The van der Waals surface area contributed by atoms with Gasteiger partial charge in [0.2, 0.25) is 12.6 Å². The molecule has 3 rings (SSSR count). The standard InChI is InChI=1S/C22H22ClN3O6/c1-14(2)31-22(28)30-13-29-20-11-19(32-26-20)21(27)25-24-12-15-6-8-16(9-7-15)17-4-3-5-18(23)10-17/h3-11,14,24H,12-13H2,1-2H3,(H,25,27). The maximum absolute atomic E-state index is 12.1. The Labute approximate surface area is 189 Å². The first-order chi connectivity index (χ1) is 15.4. The topological polar surface area (TPSA) is 112 Å². The van der Waals surface area contributed by atoms with Gasteiger partial charge in [0.15, 0.2) is 0 Å². The molecule has 32 heavy (non-hydrogen) atoms. The van der Waals surface area contributed by atoms with Gasteiger partial charge in [0.1, 0.15) is 0 Å². The fourth-order valence-electron chi connectivity index (χ4n) is 2.57. The number of benzene rings is 2. The molecular weight excluding hydrogens is 438 g/mol. The van der Waals surface area contributed by atoms with Gasteiger partial charge in [0.25, 0.3) is 5.88 Å². The summed E-state index contributed by atoms with van der Waals surface area (Å²) in [6.45, 7) is 3.34. The highest BCUT2D eigenvalue weighted by molar-refractivity contribution is 6.30. The molecule has 1 amide bonds. The summed E-state index contributed by atoms with van der Waals surface area (Å²) in [6.07, 6.45) is -1.18. The molecule has 0 atom stereocenters. The Kier molecular flexibility index (Phi) is 8.07. The van der Waals surface area contributed by atoms with Gasteiger partial charge < -0.3 is 18.7 Å².